The van der Waals surface area contributed by atoms with Crippen LogP contribution in [0.4, 0.5) is 5.69 Å². The van der Waals surface area contributed by atoms with Crippen LogP contribution in [0.1, 0.15) is 0 Å². The largest absolute Gasteiger partial charge is 0.399 e. The zero-order chi connectivity index (χ0) is 29.9. The Bertz CT molecular complexity index is 2460. The first kappa shape index (κ1) is 25.4. The first-order valence-electron chi connectivity index (χ1n) is 15.3. The van der Waals surface area contributed by atoms with E-state index in [1.165, 1.54) is 49.4 Å². The highest BCUT2D eigenvalue weighted by Gasteiger charge is 2.15. The molecule has 2 N–H and O–H groups in total. The maximum Gasteiger partial charge on any atom is 0.0542 e. The van der Waals surface area contributed by atoms with Gasteiger partial charge in [-0.1, -0.05) is 97.1 Å². The van der Waals surface area contributed by atoms with E-state index in [1.807, 2.05) is 6.07 Å². The maximum absolute atomic E-state index is 6.33. The van der Waals surface area contributed by atoms with E-state index in [0.717, 1.165) is 33.5 Å². The van der Waals surface area contributed by atoms with Crippen molar-refractivity contribution in [1.82, 2.24) is 9.13 Å². The number of nitrogen functional groups attached to an aromatic ring is 1. The second-order valence-electron chi connectivity index (χ2n) is 11.7. The second kappa shape index (κ2) is 10.0. The monoisotopic (exact) mass is 575 g/mol. The number of hydrogen-bond acceptors (Lipinski definition) is 1. The Balaban J connectivity index is 1.15. The van der Waals surface area contributed by atoms with Crippen molar-refractivity contribution in [3.8, 4) is 33.6 Å². The van der Waals surface area contributed by atoms with Crippen LogP contribution >= 0.6 is 0 Å². The van der Waals surface area contributed by atoms with Crippen molar-refractivity contribution in [1.29, 1.82) is 0 Å². The van der Waals surface area contributed by atoms with Gasteiger partial charge in [0.05, 0.1) is 22.1 Å². The van der Waals surface area contributed by atoms with Gasteiger partial charge in [-0.2, -0.15) is 0 Å². The summed E-state index contributed by atoms with van der Waals surface area (Å²) < 4.78 is 4.70. The summed E-state index contributed by atoms with van der Waals surface area (Å²) in [4.78, 5) is 0. The van der Waals surface area contributed by atoms with Crippen LogP contribution < -0.4 is 5.73 Å². The van der Waals surface area contributed by atoms with Crippen molar-refractivity contribution < 1.29 is 0 Å². The molecule has 0 unspecified atom stereocenters. The van der Waals surface area contributed by atoms with Gasteiger partial charge in [-0.3, -0.25) is 0 Å². The van der Waals surface area contributed by atoms with Gasteiger partial charge in [0.15, 0.2) is 0 Å². The minimum Gasteiger partial charge on any atom is -0.399 e. The van der Waals surface area contributed by atoms with Gasteiger partial charge in [0, 0.05) is 38.6 Å². The van der Waals surface area contributed by atoms with Crippen LogP contribution in [0, 0.1) is 0 Å². The van der Waals surface area contributed by atoms with Crippen LogP contribution in [0.15, 0.2) is 164 Å². The lowest BCUT2D eigenvalue weighted by atomic mass is 10.0. The van der Waals surface area contributed by atoms with Crippen LogP contribution in [0.5, 0.6) is 0 Å². The molecule has 9 rings (SSSR count). The summed E-state index contributed by atoms with van der Waals surface area (Å²) in [6, 6.07) is 58.5. The van der Waals surface area contributed by atoms with Crippen LogP contribution in [-0.4, -0.2) is 9.13 Å². The van der Waals surface area contributed by atoms with Gasteiger partial charge in [-0.05, 0) is 89.0 Å². The molecule has 0 saturated carbocycles. The maximum atomic E-state index is 6.33. The fraction of sp³-hybridized carbons (Fsp3) is 0. The number of nitrogens with zero attached hydrogens (tertiary/aromatic N) is 2. The summed E-state index contributed by atoms with van der Waals surface area (Å²) in [6.45, 7) is 0. The number of rotatable bonds is 4. The Hall–Kier alpha value is -6.06. The second-order valence-corrected chi connectivity index (χ2v) is 11.7. The first-order valence-corrected chi connectivity index (χ1v) is 15.3. The van der Waals surface area contributed by atoms with E-state index in [0.29, 0.717) is 0 Å². The average molecular weight is 576 g/mol. The molecule has 0 saturated heterocycles. The highest BCUT2D eigenvalue weighted by Crippen LogP contribution is 2.37. The summed E-state index contributed by atoms with van der Waals surface area (Å²) in [5.41, 5.74) is 18.9. The minimum absolute atomic E-state index is 0.766. The predicted molar refractivity (Wildman–Crippen MR) is 190 cm³/mol. The third kappa shape index (κ3) is 4.05. The number of aromatic nitrogens is 2. The Kier molecular flexibility index (Phi) is 5.66. The number of benzene rings is 7. The molecule has 45 heavy (non-hydrogen) atoms. The Morgan fingerprint density at radius 1 is 0.311 bits per heavy atom. The molecule has 0 aliphatic heterocycles. The number of nitrogens with two attached hydrogens (primary N) is 1. The molecule has 0 fully saturated rings. The lowest BCUT2D eigenvalue weighted by molar-refractivity contribution is 1.18. The minimum atomic E-state index is 0.766. The summed E-state index contributed by atoms with van der Waals surface area (Å²) in [6.07, 6.45) is 0. The molecular weight excluding hydrogens is 546 g/mol. The third-order valence-electron chi connectivity index (χ3n) is 9.06. The summed E-state index contributed by atoms with van der Waals surface area (Å²) in [5, 5.41) is 4.88. The molecule has 0 spiro atoms. The van der Waals surface area contributed by atoms with E-state index in [1.54, 1.807) is 0 Å². The Labute approximate surface area is 261 Å². The molecule has 0 atom stereocenters. The lowest BCUT2D eigenvalue weighted by Crippen LogP contribution is -1.94. The van der Waals surface area contributed by atoms with Crippen molar-refractivity contribution >= 4 is 49.3 Å². The smallest absolute Gasteiger partial charge is 0.0542 e. The highest BCUT2D eigenvalue weighted by molar-refractivity contribution is 6.12. The third-order valence-corrected chi connectivity index (χ3v) is 9.06. The fourth-order valence-corrected chi connectivity index (χ4v) is 6.94. The Morgan fingerprint density at radius 3 is 1.33 bits per heavy atom. The number of para-hydroxylation sites is 2. The van der Waals surface area contributed by atoms with E-state index in [9.17, 15) is 0 Å². The molecule has 0 bridgehead atoms. The molecular formula is C42H29N3. The standard InChI is InChI=1S/C42H29N3/c43-32-19-25-42-38(27-32)37-26-31(18-24-41(37)45(42)34-20-14-29(15-21-34)28-8-2-1-3-9-28)30-16-22-33(23-17-30)44-39-12-6-4-10-35(39)36-11-5-7-13-40(36)44/h1-27H,43H2. The zero-order valence-electron chi connectivity index (χ0n) is 24.6. The van der Waals surface area contributed by atoms with Crippen molar-refractivity contribution in [2.24, 2.45) is 0 Å². The summed E-state index contributed by atoms with van der Waals surface area (Å²) >= 11 is 0. The topological polar surface area (TPSA) is 35.9 Å². The van der Waals surface area contributed by atoms with Crippen LogP contribution in [-0.2, 0) is 0 Å². The molecule has 0 radical (unpaired) electrons. The molecule has 0 aliphatic carbocycles. The molecule has 2 aromatic heterocycles. The summed E-state index contributed by atoms with van der Waals surface area (Å²) in [7, 11) is 0. The normalized spacial score (nSPS) is 11.6. The lowest BCUT2D eigenvalue weighted by Gasteiger charge is -2.11. The SMILES string of the molecule is Nc1ccc2c(c1)c1cc(-c3ccc(-n4c5ccccc5c5ccccc54)cc3)ccc1n2-c1ccc(-c2ccccc2)cc1. The molecule has 212 valence electrons. The van der Waals surface area contributed by atoms with Gasteiger partial charge < -0.3 is 14.9 Å². The average Bonchev–Trinajstić information content (AvgIpc) is 3.61. The van der Waals surface area contributed by atoms with Gasteiger partial charge in [0.2, 0.25) is 0 Å². The highest BCUT2D eigenvalue weighted by atomic mass is 15.0. The quantitative estimate of drug-likeness (QED) is 0.208. The molecule has 9 aromatic rings. The van der Waals surface area contributed by atoms with Gasteiger partial charge in [0.25, 0.3) is 0 Å². The van der Waals surface area contributed by atoms with E-state index in [2.05, 4.69) is 167 Å². The van der Waals surface area contributed by atoms with E-state index in [-0.39, 0.29) is 0 Å². The summed E-state index contributed by atoms with van der Waals surface area (Å²) in [5.74, 6) is 0. The predicted octanol–water partition coefficient (Wildman–Crippen LogP) is 10.8. The van der Waals surface area contributed by atoms with Gasteiger partial charge in [0.1, 0.15) is 0 Å². The molecule has 0 aliphatic rings. The van der Waals surface area contributed by atoms with E-state index < -0.39 is 0 Å². The molecule has 3 nitrogen and oxygen atoms in total. The van der Waals surface area contributed by atoms with E-state index in [4.69, 9.17) is 5.73 Å². The van der Waals surface area contributed by atoms with Crippen molar-refractivity contribution in [3.05, 3.63) is 164 Å². The molecule has 7 aromatic carbocycles. The fourth-order valence-electron chi connectivity index (χ4n) is 6.94. The van der Waals surface area contributed by atoms with Crippen LogP contribution in [0.3, 0.4) is 0 Å². The molecule has 3 heteroatoms. The number of fused-ring (bicyclic) bond motifs is 6. The number of anilines is 1. The zero-order valence-corrected chi connectivity index (χ0v) is 24.6. The van der Waals surface area contributed by atoms with Gasteiger partial charge in [-0.25, -0.2) is 0 Å². The Morgan fingerprint density at radius 2 is 0.733 bits per heavy atom. The van der Waals surface area contributed by atoms with Crippen molar-refractivity contribution in [2.75, 3.05) is 5.73 Å². The first-order chi connectivity index (χ1) is 22.2. The van der Waals surface area contributed by atoms with Crippen molar-refractivity contribution in [2.45, 2.75) is 0 Å². The van der Waals surface area contributed by atoms with E-state index >= 15 is 0 Å². The van der Waals surface area contributed by atoms with Crippen LogP contribution in [0.25, 0.3) is 77.2 Å². The van der Waals surface area contributed by atoms with Gasteiger partial charge in [-0.15, -0.1) is 0 Å². The number of hydrogen-bond donors (Lipinski definition) is 1. The molecule has 0 amide bonds. The van der Waals surface area contributed by atoms with Gasteiger partial charge >= 0.3 is 0 Å². The van der Waals surface area contributed by atoms with Crippen molar-refractivity contribution in [3.63, 3.8) is 0 Å². The van der Waals surface area contributed by atoms with Crippen LogP contribution in [0.2, 0.25) is 0 Å². The molecule has 2 heterocycles.